The predicted molar refractivity (Wildman–Crippen MR) is 99.8 cm³/mol. The van der Waals surface area contributed by atoms with Crippen LogP contribution in [0.3, 0.4) is 0 Å². The van der Waals surface area contributed by atoms with Crippen molar-refractivity contribution in [3.8, 4) is 0 Å². The zero-order valence-corrected chi connectivity index (χ0v) is 15.6. The van der Waals surface area contributed by atoms with Crippen LogP contribution < -0.4 is 10.5 Å². The van der Waals surface area contributed by atoms with Gasteiger partial charge in [-0.1, -0.05) is 0 Å². The van der Waals surface area contributed by atoms with Gasteiger partial charge in [-0.05, 0) is 38.0 Å². The number of aryl methyl sites for hydroxylation is 3. The van der Waals surface area contributed by atoms with Crippen molar-refractivity contribution in [2.75, 3.05) is 16.2 Å². The third-order valence-electron chi connectivity index (χ3n) is 4.28. The number of anilines is 2. The number of nitrogens with zero attached hydrogens (tertiary/aromatic N) is 3. The quantitative estimate of drug-likeness (QED) is 0.668. The fourth-order valence-electron chi connectivity index (χ4n) is 2.84. The smallest absolute Gasteiger partial charge is 0.232 e. The Kier molecular flexibility index (Phi) is 5.01. The second-order valence-electron chi connectivity index (χ2n) is 6.24. The van der Waals surface area contributed by atoms with E-state index in [1.165, 1.54) is 0 Å². The Morgan fingerprint density at radius 2 is 2.00 bits per heavy atom. The molecule has 0 aliphatic heterocycles. The van der Waals surface area contributed by atoms with Crippen LogP contribution in [0, 0.1) is 25.5 Å². The number of halogens is 2. The molecule has 0 saturated heterocycles. The van der Waals surface area contributed by atoms with Crippen LogP contribution in [0.4, 0.5) is 20.3 Å². The average Bonchev–Trinajstić information content (AvgIpc) is 3.00. The van der Waals surface area contributed by atoms with Crippen molar-refractivity contribution in [1.29, 1.82) is 0 Å². The normalized spacial score (nSPS) is 11.9. The maximum absolute atomic E-state index is 13.6. The summed E-state index contributed by atoms with van der Waals surface area (Å²) in [6.07, 6.45) is 1.86. The number of imidazole rings is 1. The van der Waals surface area contributed by atoms with Gasteiger partial charge in [0.05, 0.1) is 23.3 Å². The van der Waals surface area contributed by atoms with Crippen molar-refractivity contribution in [3.63, 3.8) is 0 Å². The third-order valence-corrected chi connectivity index (χ3v) is 5.63. The van der Waals surface area contributed by atoms with Crippen LogP contribution in [-0.2, 0) is 16.6 Å². The minimum atomic E-state index is -3.79. The molecule has 0 saturated carbocycles. The van der Waals surface area contributed by atoms with E-state index in [2.05, 4.69) is 14.7 Å². The average molecular weight is 395 g/mol. The van der Waals surface area contributed by atoms with Gasteiger partial charge in [0.2, 0.25) is 10.0 Å². The standard InChI is InChI=1S/C17H19F2N5O2S/c1-10-11(2)22-17(20)15-16(10)24(9-21-15)6-3-7-27(25,26)23-14-5-4-12(18)8-13(14)19/h4-5,8-9,23H,3,6-7H2,1-2H3,(H2,20,22). The molecule has 7 nitrogen and oxygen atoms in total. The highest BCUT2D eigenvalue weighted by Crippen LogP contribution is 2.24. The third kappa shape index (κ3) is 4.00. The number of rotatable bonds is 6. The number of hydrogen-bond acceptors (Lipinski definition) is 5. The first kappa shape index (κ1) is 19.0. The molecule has 0 amide bonds. The Morgan fingerprint density at radius 3 is 2.70 bits per heavy atom. The number of sulfonamides is 1. The highest BCUT2D eigenvalue weighted by molar-refractivity contribution is 7.92. The summed E-state index contributed by atoms with van der Waals surface area (Å²) in [6.45, 7) is 4.12. The molecule has 2 heterocycles. The number of nitrogens with two attached hydrogens (primary N) is 1. The molecule has 3 N–H and O–H groups in total. The summed E-state index contributed by atoms with van der Waals surface area (Å²) >= 11 is 0. The zero-order chi connectivity index (χ0) is 19.8. The van der Waals surface area contributed by atoms with Crippen LogP contribution in [0.25, 0.3) is 11.0 Å². The fourth-order valence-corrected chi connectivity index (χ4v) is 3.95. The van der Waals surface area contributed by atoms with E-state index < -0.39 is 21.7 Å². The summed E-state index contributed by atoms with van der Waals surface area (Å²) in [6, 6.07) is 2.66. The number of benzene rings is 1. The SMILES string of the molecule is Cc1nc(N)c2ncn(CCCS(=O)(=O)Nc3ccc(F)cc3F)c2c1C. The fraction of sp³-hybridized carbons (Fsp3) is 0.294. The van der Waals surface area contributed by atoms with Crippen LogP contribution in [-0.4, -0.2) is 28.7 Å². The lowest BCUT2D eigenvalue weighted by Gasteiger charge is -2.11. The molecular formula is C17H19F2N5O2S. The Balaban J connectivity index is 1.71. The van der Waals surface area contributed by atoms with Gasteiger partial charge in [0.15, 0.2) is 5.82 Å². The highest BCUT2D eigenvalue weighted by Gasteiger charge is 2.16. The Hall–Kier alpha value is -2.75. The second kappa shape index (κ2) is 7.10. The van der Waals surface area contributed by atoms with Crippen LogP contribution in [0.15, 0.2) is 24.5 Å². The lowest BCUT2D eigenvalue weighted by Crippen LogP contribution is -2.18. The van der Waals surface area contributed by atoms with Crippen LogP contribution in [0.1, 0.15) is 17.7 Å². The minimum Gasteiger partial charge on any atom is -0.382 e. The largest absolute Gasteiger partial charge is 0.382 e. The van der Waals surface area contributed by atoms with Crippen LogP contribution in [0.2, 0.25) is 0 Å². The summed E-state index contributed by atoms with van der Waals surface area (Å²) in [7, 11) is -3.79. The Morgan fingerprint density at radius 1 is 1.26 bits per heavy atom. The molecule has 0 atom stereocenters. The van der Waals surface area contributed by atoms with E-state index in [-0.39, 0.29) is 17.9 Å². The molecule has 1 aromatic carbocycles. The van der Waals surface area contributed by atoms with Crippen molar-refractivity contribution < 1.29 is 17.2 Å². The molecule has 0 aliphatic carbocycles. The summed E-state index contributed by atoms with van der Waals surface area (Å²) in [5.41, 5.74) is 8.70. The number of nitrogens with one attached hydrogen (secondary N) is 1. The first-order valence-corrected chi connectivity index (χ1v) is 9.86. The van der Waals surface area contributed by atoms with E-state index in [1.807, 2.05) is 18.4 Å². The van der Waals surface area contributed by atoms with E-state index in [4.69, 9.17) is 5.73 Å². The van der Waals surface area contributed by atoms with E-state index in [0.717, 1.165) is 28.9 Å². The second-order valence-corrected chi connectivity index (χ2v) is 8.08. The molecular weight excluding hydrogens is 376 g/mol. The molecule has 0 bridgehead atoms. The number of nitrogen functional groups attached to an aromatic ring is 1. The molecule has 0 aliphatic rings. The van der Waals surface area contributed by atoms with Gasteiger partial charge in [-0.25, -0.2) is 27.2 Å². The lowest BCUT2D eigenvalue weighted by atomic mass is 10.2. The molecule has 3 rings (SSSR count). The van der Waals surface area contributed by atoms with Gasteiger partial charge < -0.3 is 10.3 Å². The van der Waals surface area contributed by atoms with E-state index in [9.17, 15) is 17.2 Å². The summed E-state index contributed by atoms with van der Waals surface area (Å²) in [5.74, 6) is -1.65. The summed E-state index contributed by atoms with van der Waals surface area (Å²) in [5, 5.41) is 0. The monoisotopic (exact) mass is 395 g/mol. The molecule has 27 heavy (non-hydrogen) atoms. The molecule has 144 valence electrons. The van der Waals surface area contributed by atoms with Crippen LogP contribution in [0.5, 0.6) is 0 Å². The Bertz CT molecular complexity index is 1110. The first-order valence-electron chi connectivity index (χ1n) is 8.21. The molecule has 3 aromatic rings. The molecule has 10 heteroatoms. The molecule has 0 spiro atoms. The summed E-state index contributed by atoms with van der Waals surface area (Å²) < 4.78 is 54.9. The topological polar surface area (TPSA) is 103 Å². The van der Waals surface area contributed by atoms with Gasteiger partial charge in [0, 0.05) is 18.3 Å². The van der Waals surface area contributed by atoms with E-state index in [0.29, 0.717) is 23.9 Å². The number of hydrogen-bond donors (Lipinski definition) is 2. The van der Waals surface area contributed by atoms with E-state index in [1.54, 1.807) is 6.33 Å². The van der Waals surface area contributed by atoms with Gasteiger partial charge in [-0.3, -0.25) is 4.72 Å². The van der Waals surface area contributed by atoms with Gasteiger partial charge in [0.1, 0.15) is 17.2 Å². The van der Waals surface area contributed by atoms with E-state index >= 15 is 0 Å². The van der Waals surface area contributed by atoms with Gasteiger partial charge in [-0.2, -0.15) is 0 Å². The minimum absolute atomic E-state index is 0.234. The van der Waals surface area contributed by atoms with Gasteiger partial charge in [0.25, 0.3) is 0 Å². The highest BCUT2D eigenvalue weighted by atomic mass is 32.2. The van der Waals surface area contributed by atoms with Crippen molar-refractivity contribution in [3.05, 3.63) is 47.4 Å². The summed E-state index contributed by atoms with van der Waals surface area (Å²) in [4.78, 5) is 8.48. The van der Waals surface area contributed by atoms with Gasteiger partial charge >= 0.3 is 0 Å². The van der Waals surface area contributed by atoms with Gasteiger partial charge in [-0.15, -0.1) is 0 Å². The zero-order valence-electron chi connectivity index (χ0n) is 14.8. The molecule has 0 fully saturated rings. The Labute approximate surface area is 155 Å². The first-order chi connectivity index (χ1) is 12.7. The number of aromatic nitrogens is 3. The maximum atomic E-state index is 13.6. The molecule has 2 aromatic heterocycles. The van der Waals surface area contributed by atoms with Crippen molar-refractivity contribution in [1.82, 2.24) is 14.5 Å². The van der Waals surface area contributed by atoms with Crippen LogP contribution >= 0.6 is 0 Å². The number of fused-ring (bicyclic) bond motifs is 1. The predicted octanol–water partition coefficient (Wildman–Crippen LogP) is 2.74. The lowest BCUT2D eigenvalue weighted by molar-refractivity contribution is 0.581. The van der Waals surface area contributed by atoms with Crippen molar-refractivity contribution in [2.24, 2.45) is 0 Å². The molecule has 0 unspecified atom stereocenters. The van der Waals surface area contributed by atoms with Crippen molar-refractivity contribution >= 4 is 32.6 Å². The van der Waals surface area contributed by atoms with Crippen molar-refractivity contribution in [2.45, 2.75) is 26.8 Å². The number of pyridine rings is 1. The maximum Gasteiger partial charge on any atom is 0.232 e. The molecule has 0 radical (unpaired) electrons.